The van der Waals surface area contributed by atoms with Crippen LogP contribution in [0.3, 0.4) is 0 Å². The fourth-order valence-corrected chi connectivity index (χ4v) is 3.44. The maximum atomic E-state index is 13.2. The summed E-state index contributed by atoms with van der Waals surface area (Å²) in [5.74, 6) is 0.109. The van der Waals surface area contributed by atoms with Crippen molar-refractivity contribution >= 4 is 16.8 Å². The van der Waals surface area contributed by atoms with Crippen molar-refractivity contribution in [3.05, 3.63) is 60.3 Å². The number of rotatable bonds is 2. The van der Waals surface area contributed by atoms with Gasteiger partial charge in [-0.1, -0.05) is 37.1 Å². The molecule has 3 aromatic rings. The summed E-state index contributed by atoms with van der Waals surface area (Å²) < 4.78 is 0. The summed E-state index contributed by atoms with van der Waals surface area (Å²) in [6.07, 6.45) is 6.34. The van der Waals surface area contributed by atoms with E-state index in [1.807, 2.05) is 53.4 Å². The molecule has 4 rings (SSSR count). The monoisotopic (exact) mass is 331 g/mol. The summed E-state index contributed by atoms with van der Waals surface area (Å²) in [4.78, 5) is 24.3. The Morgan fingerprint density at radius 1 is 0.880 bits per heavy atom. The summed E-state index contributed by atoms with van der Waals surface area (Å²) in [6.45, 7) is 1.68. The lowest BCUT2D eigenvalue weighted by Gasteiger charge is -2.21. The molecule has 0 spiro atoms. The average molecular weight is 331 g/mol. The Balaban J connectivity index is 1.82. The fraction of sp³-hybridized carbons (Fsp3) is 0.286. The summed E-state index contributed by atoms with van der Waals surface area (Å²) >= 11 is 0. The SMILES string of the molecule is O=C(c1cc(-c2ccccn2)nc2ccccc12)N1CCCCCC1. The molecule has 0 atom stereocenters. The number of amides is 1. The number of hydrogen-bond donors (Lipinski definition) is 0. The van der Waals surface area contributed by atoms with E-state index in [9.17, 15) is 4.79 Å². The van der Waals surface area contributed by atoms with Gasteiger partial charge in [-0.15, -0.1) is 0 Å². The molecule has 1 fully saturated rings. The van der Waals surface area contributed by atoms with E-state index in [1.165, 1.54) is 12.8 Å². The first-order valence-electron chi connectivity index (χ1n) is 8.93. The number of nitrogens with zero attached hydrogens (tertiary/aromatic N) is 3. The molecule has 4 heteroatoms. The van der Waals surface area contributed by atoms with Gasteiger partial charge in [-0.3, -0.25) is 9.78 Å². The second-order valence-electron chi connectivity index (χ2n) is 6.49. The number of hydrogen-bond acceptors (Lipinski definition) is 3. The highest BCUT2D eigenvalue weighted by Crippen LogP contribution is 2.25. The zero-order valence-corrected chi connectivity index (χ0v) is 14.2. The average Bonchev–Trinajstić information content (AvgIpc) is 2.97. The first-order valence-corrected chi connectivity index (χ1v) is 8.93. The van der Waals surface area contributed by atoms with E-state index in [0.717, 1.165) is 53.8 Å². The Bertz CT molecular complexity index is 884. The molecule has 0 aliphatic carbocycles. The van der Waals surface area contributed by atoms with Gasteiger partial charge in [0.25, 0.3) is 5.91 Å². The minimum absolute atomic E-state index is 0.109. The van der Waals surface area contributed by atoms with Gasteiger partial charge in [0.1, 0.15) is 0 Å². The van der Waals surface area contributed by atoms with Crippen molar-refractivity contribution in [2.75, 3.05) is 13.1 Å². The molecule has 1 saturated heterocycles. The van der Waals surface area contributed by atoms with Crippen molar-refractivity contribution in [3.63, 3.8) is 0 Å². The summed E-state index contributed by atoms with van der Waals surface area (Å²) in [5.41, 5.74) is 3.10. The lowest BCUT2D eigenvalue weighted by Crippen LogP contribution is -2.32. The van der Waals surface area contributed by atoms with Crippen molar-refractivity contribution in [1.82, 2.24) is 14.9 Å². The highest BCUT2D eigenvalue weighted by atomic mass is 16.2. The topological polar surface area (TPSA) is 46.1 Å². The van der Waals surface area contributed by atoms with Crippen LogP contribution < -0.4 is 0 Å². The molecule has 1 aliphatic heterocycles. The van der Waals surface area contributed by atoms with Crippen molar-refractivity contribution in [2.24, 2.45) is 0 Å². The Labute approximate surface area is 147 Å². The summed E-state index contributed by atoms with van der Waals surface area (Å²) in [7, 11) is 0. The van der Waals surface area contributed by atoms with Gasteiger partial charge in [0.2, 0.25) is 0 Å². The third-order valence-electron chi connectivity index (χ3n) is 4.77. The number of aromatic nitrogens is 2. The van der Waals surface area contributed by atoms with Crippen LogP contribution in [0.15, 0.2) is 54.7 Å². The highest BCUT2D eigenvalue weighted by Gasteiger charge is 2.21. The van der Waals surface area contributed by atoms with Gasteiger partial charge in [0, 0.05) is 24.7 Å². The van der Waals surface area contributed by atoms with Crippen LogP contribution in [0.2, 0.25) is 0 Å². The Hall–Kier alpha value is -2.75. The van der Waals surface area contributed by atoms with E-state index < -0.39 is 0 Å². The predicted molar refractivity (Wildman–Crippen MR) is 99.3 cm³/mol. The molecule has 3 heterocycles. The number of pyridine rings is 2. The maximum Gasteiger partial charge on any atom is 0.254 e. The van der Waals surface area contributed by atoms with Crippen LogP contribution >= 0.6 is 0 Å². The minimum atomic E-state index is 0.109. The van der Waals surface area contributed by atoms with Gasteiger partial charge in [0.15, 0.2) is 0 Å². The highest BCUT2D eigenvalue weighted by molar-refractivity contribution is 6.07. The van der Waals surface area contributed by atoms with Gasteiger partial charge in [-0.25, -0.2) is 4.98 Å². The van der Waals surface area contributed by atoms with Crippen LogP contribution in [0.1, 0.15) is 36.0 Å². The second kappa shape index (κ2) is 7.01. The summed E-state index contributed by atoms with van der Waals surface area (Å²) in [6, 6.07) is 15.5. The molecule has 1 amide bonds. The van der Waals surface area contributed by atoms with Crippen molar-refractivity contribution < 1.29 is 4.79 Å². The van der Waals surface area contributed by atoms with Crippen LogP contribution in [0.4, 0.5) is 0 Å². The molecular weight excluding hydrogens is 310 g/mol. The number of fused-ring (bicyclic) bond motifs is 1. The molecule has 0 saturated carbocycles. The number of likely N-dealkylation sites (tertiary alicyclic amines) is 1. The van der Waals surface area contributed by atoms with E-state index >= 15 is 0 Å². The molecule has 0 N–H and O–H groups in total. The van der Waals surface area contributed by atoms with Gasteiger partial charge in [0.05, 0.1) is 22.5 Å². The minimum Gasteiger partial charge on any atom is -0.339 e. The molecule has 0 radical (unpaired) electrons. The first-order chi connectivity index (χ1) is 12.3. The molecule has 1 aromatic carbocycles. The van der Waals surface area contributed by atoms with Crippen LogP contribution in [0.5, 0.6) is 0 Å². The lowest BCUT2D eigenvalue weighted by molar-refractivity contribution is 0.0763. The Morgan fingerprint density at radius 2 is 1.64 bits per heavy atom. The van der Waals surface area contributed by atoms with E-state index in [1.54, 1.807) is 6.20 Å². The molecule has 2 aromatic heterocycles. The van der Waals surface area contributed by atoms with E-state index in [0.29, 0.717) is 0 Å². The van der Waals surface area contributed by atoms with Gasteiger partial charge < -0.3 is 4.90 Å². The third-order valence-corrected chi connectivity index (χ3v) is 4.77. The molecule has 0 bridgehead atoms. The largest absolute Gasteiger partial charge is 0.339 e. The maximum absolute atomic E-state index is 13.2. The number of carbonyl (C=O) groups is 1. The number of benzene rings is 1. The smallest absolute Gasteiger partial charge is 0.254 e. The molecular formula is C21H21N3O. The molecule has 25 heavy (non-hydrogen) atoms. The van der Waals surface area contributed by atoms with Crippen LogP contribution in [-0.2, 0) is 0 Å². The summed E-state index contributed by atoms with van der Waals surface area (Å²) in [5, 5.41) is 0.913. The van der Waals surface area contributed by atoms with Gasteiger partial charge in [-0.2, -0.15) is 0 Å². The first kappa shape index (κ1) is 15.8. The zero-order valence-electron chi connectivity index (χ0n) is 14.2. The fourth-order valence-electron chi connectivity index (χ4n) is 3.44. The normalized spacial score (nSPS) is 15.1. The second-order valence-corrected chi connectivity index (χ2v) is 6.49. The molecule has 0 unspecified atom stereocenters. The van der Waals surface area contributed by atoms with Crippen molar-refractivity contribution in [2.45, 2.75) is 25.7 Å². The van der Waals surface area contributed by atoms with Gasteiger partial charge in [-0.05, 0) is 37.1 Å². The van der Waals surface area contributed by atoms with Crippen LogP contribution in [0.25, 0.3) is 22.3 Å². The lowest BCUT2D eigenvalue weighted by atomic mass is 10.0. The molecule has 126 valence electrons. The zero-order chi connectivity index (χ0) is 17.1. The molecule has 1 aliphatic rings. The number of carbonyl (C=O) groups excluding carboxylic acids is 1. The van der Waals surface area contributed by atoms with Crippen LogP contribution in [-0.4, -0.2) is 33.9 Å². The van der Waals surface area contributed by atoms with Gasteiger partial charge >= 0.3 is 0 Å². The van der Waals surface area contributed by atoms with E-state index in [2.05, 4.69) is 4.98 Å². The Kier molecular flexibility index (Phi) is 4.42. The van der Waals surface area contributed by atoms with Crippen LogP contribution in [0, 0.1) is 0 Å². The third kappa shape index (κ3) is 3.25. The number of para-hydroxylation sites is 1. The van der Waals surface area contributed by atoms with E-state index in [4.69, 9.17) is 4.98 Å². The van der Waals surface area contributed by atoms with Crippen molar-refractivity contribution in [1.29, 1.82) is 0 Å². The Morgan fingerprint density at radius 3 is 2.40 bits per heavy atom. The van der Waals surface area contributed by atoms with E-state index in [-0.39, 0.29) is 5.91 Å². The standard InChI is InChI=1S/C21H21N3O/c25-21(24-13-7-1-2-8-14-24)17-15-20(19-11-5-6-12-22-19)23-18-10-4-3-9-16(17)18/h3-6,9-12,15H,1-2,7-8,13-14H2. The molecule has 4 nitrogen and oxygen atoms in total. The quantitative estimate of drug-likeness (QED) is 0.703. The predicted octanol–water partition coefficient (Wildman–Crippen LogP) is 4.31. The van der Waals surface area contributed by atoms with Crippen molar-refractivity contribution in [3.8, 4) is 11.4 Å².